The highest BCUT2D eigenvalue weighted by Gasteiger charge is 2.28. The van der Waals surface area contributed by atoms with Crippen LogP contribution in [0.15, 0.2) is 53.1 Å². The number of methoxy groups -OCH3 is 1. The van der Waals surface area contributed by atoms with E-state index in [0.29, 0.717) is 11.8 Å². The lowest BCUT2D eigenvalue weighted by Gasteiger charge is -2.14. The van der Waals surface area contributed by atoms with Gasteiger partial charge in [0.2, 0.25) is 5.89 Å². The summed E-state index contributed by atoms with van der Waals surface area (Å²) in [5.74, 6) is 2.21. The highest BCUT2D eigenvalue weighted by molar-refractivity contribution is 5.62. The highest BCUT2D eigenvalue weighted by atomic mass is 16.5. The topological polar surface area (TPSA) is 64.3 Å². The molecule has 1 aliphatic heterocycles. The number of aromatic nitrogens is 3. The summed E-state index contributed by atoms with van der Waals surface area (Å²) < 4.78 is 11.3. The zero-order valence-corrected chi connectivity index (χ0v) is 14.1. The largest absolute Gasteiger partial charge is 0.496 e. The van der Waals surface area contributed by atoms with Gasteiger partial charge in [0.05, 0.1) is 24.3 Å². The molecule has 0 saturated carbocycles. The molecule has 0 aliphatic carbocycles. The van der Waals surface area contributed by atoms with Gasteiger partial charge in [-0.2, -0.15) is 0 Å². The molecule has 1 atom stereocenters. The number of likely N-dealkylation sites (tertiary alicyclic amines) is 1. The number of para-hydroxylation sites is 1. The number of hydrogen-bond donors (Lipinski definition) is 0. The monoisotopic (exact) mass is 336 g/mol. The smallest absolute Gasteiger partial charge is 0.251 e. The van der Waals surface area contributed by atoms with Crippen LogP contribution in [0.25, 0.3) is 11.5 Å². The number of nitrogens with zero attached hydrogens (tertiary/aromatic N) is 4. The van der Waals surface area contributed by atoms with E-state index in [1.807, 2.05) is 42.6 Å². The molecule has 3 aromatic rings. The van der Waals surface area contributed by atoms with E-state index in [0.717, 1.165) is 43.1 Å². The number of ether oxygens (including phenoxy) is 1. The molecule has 1 aromatic carbocycles. The second-order valence-corrected chi connectivity index (χ2v) is 6.19. The van der Waals surface area contributed by atoms with E-state index >= 15 is 0 Å². The number of benzene rings is 1. The van der Waals surface area contributed by atoms with E-state index < -0.39 is 0 Å². The number of hydrogen-bond acceptors (Lipinski definition) is 6. The first-order valence-corrected chi connectivity index (χ1v) is 8.42. The Morgan fingerprint density at radius 2 is 2.04 bits per heavy atom. The van der Waals surface area contributed by atoms with Crippen molar-refractivity contribution in [2.75, 3.05) is 20.2 Å². The van der Waals surface area contributed by atoms with Crippen LogP contribution in [-0.4, -0.2) is 40.3 Å². The summed E-state index contributed by atoms with van der Waals surface area (Å²) in [5, 5.41) is 8.50. The molecular formula is C19H20N4O2. The van der Waals surface area contributed by atoms with Crippen molar-refractivity contribution in [1.29, 1.82) is 0 Å². The van der Waals surface area contributed by atoms with Crippen LogP contribution in [0.4, 0.5) is 0 Å². The SMILES string of the molecule is COc1ccccc1-c1nnc([C@H]2CCN(Cc3ccccn3)C2)o1. The summed E-state index contributed by atoms with van der Waals surface area (Å²) in [6.45, 7) is 2.77. The third-order valence-corrected chi connectivity index (χ3v) is 4.51. The molecule has 1 aliphatic rings. The van der Waals surface area contributed by atoms with Crippen LogP contribution < -0.4 is 4.74 Å². The van der Waals surface area contributed by atoms with Gasteiger partial charge in [-0.3, -0.25) is 9.88 Å². The normalized spacial score (nSPS) is 17.7. The molecule has 0 spiro atoms. The van der Waals surface area contributed by atoms with Crippen molar-refractivity contribution >= 4 is 0 Å². The molecule has 6 heteroatoms. The van der Waals surface area contributed by atoms with Gasteiger partial charge in [-0.1, -0.05) is 18.2 Å². The van der Waals surface area contributed by atoms with Gasteiger partial charge in [-0.05, 0) is 37.2 Å². The maximum Gasteiger partial charge on any atom is 0.251 e. The molecule has 25 heavy (non-hydrogen) atoms. The third-order valence-electron chi connectivity index (χ3n) is 4.51. The zero-order chi connectivity index (χ0) is 17.1. The maximum absolute atomic E-state index is 5.95. The molecule has 4 rings (SSSR count). The lowest BCUT2D eigenvalue weighted by molar-refractivity contribution is 0.316. The summed E-state index contributed by atoms with van der Waals surface area (Å²) in [4.78, 5) is 6.77. The Bertz CT molecular complexity index is 834. The first-order valence-electron chi connectivity index (χ1n) is 8.42. The lowest BCUT2D eigenvalue weighted by atomic mass is 10.1. The van der Waals surface area contributed by atoms with Gasteiger partial charge < -0.3 is 9.15 Å². The molecule has 0 radical (unpaired) electrons. The highest BCUT2D eigenvalue weighted by Crippen LogP contribution is 2.32. The molecule has 0 amide bonds. The van der Waals surface area contributed by atoms with E-state index in [9.17, 15) is 0 Å². The predicted molar refractivity (Wildman–Crippen MR) is 93.2 cm³/mol. The summed E-state index contributed by atoms with van der Waals surface area (Å²) in [5.41, 5.74) is 1.91. The molecule has 128 valence electrons. The fraction of sp³-hybridized carbons (Fsp3) is 0.316. The fourth-order valence-electron chi connectivity index (χ4n) is 3.23. The summed E-state index contributed by atoms with van der Waals surface area (Å²) in [6.07, 6.45) is 2.85. The molecule has 3 heterocycles. The first-order chi connectivity index (χ1) is 12.3. The van der Waals surface area contributed by atoms with Crippen molar-refractivity contribution < 1.29 is 9.15 Å². The Morgan fingerprint density at radius 3 is 2.88 bits per heavy atom. The summed E-state index contributed by atoms with van der Waals surface area (Å²) in [6, 6.07) is 13.7. The van der Waals surface area contributed by atoms with Crippen LogP contribution in [0.3, 0.4) is 0 Å². The predicted octanol–water partition coefficient (Wildman–Crippen LogP) is 3.13. The van der Waals surface area contributed by atoms with Crippen molar-refractivity contribution in [3.8, 4) is 17.2 Å². The quantitative estimate of drug-likeness (QED) is 0.713. The van der Waals surface area contributed by atoms with Crippen molar-refractivity contribution in [1.82, 2.24) is 20.1 Å². The van der Waals surface area contributed by atoms with Gasteiger partial charge in [0, 0.05) is 19.3 Å². The van der Waals surface area contributed by atoms with Gasteiger partial charge in [0.25, 0.3) is 5.89 Å². The van der Waals surface area contributed by atoms with Crippen molar-refractivity contribution in [3.05, 3.63) is 60.2 Å². The Hall–Kier alpha value is -2.73. The van der Waals surface area contributed by atoms with Gasteiger partial charge in [-0.25, -0.2) is 0 Å². The second-order valence-electron chi connectivity index (χ2n) is 6.19. The van der Waals surface area contributed by atoms with Gasteiger partial charge in [-0.15, -0.1) is 10.2 Å². The molecule has 6 nitrogen and oxygen atoms in total. The summed E-state index contributed by atoms with van der Waals surface area (Å²) in [7, 11) is 1.64. The molecule has 2 aromatic heterocycles. The van der Waals surface area contributed by atoms with E-state index in [2.05, 4.69) is 26.1 Å². The third kappa shape index (κ3) is 3.39. The summed E-state index contributed by atoms with van der Waals surface area (Å²) >= 11 is 0. The van der Waals surface area contributed by atoms with Crippen molar-refractivity contribution in [3.63, 3.8) is 0 Å². The van der Waals surface area contributed by atoms with E-state index in [-0.39, 0.29) is 5.92 Å². The fourth-order valence-corrected chi connectivity index (χ4v) is 3.23. The van der Waals surface area contributed by atoms with Crippen LogP contribution in [0.1, 0.15) is 23.9 Å². The lowest BCUT2D eigenvalue weighted by Crippen LogP contribution is -2.20. The molecule has 0 bridgehead atoms. The van der Waals surface area contributed by atoms with Crippen molar-refractivity contribution in [2.45, 2.75) is 18.9 Å². The van der Waals surface area contributed by atoms with E-state index in [1.165, 1.54) is 0 Å². The Kier molecular flexibility index (Phi) is 4.43. The van der Waals surface area contributed by atoms with Crippen LogP contribution in [0.2, 0.25) is 0 Å². The van der Waals surface area contributed by atoms with Gasteiger partial charge >= 0.3 is 0 Å². The zero-order valence-electron chi connectivity index (χ0n) is 14.1. The van der Waals surface area contributed by atoms with Crippen LogP contribution in [0.5, 0.6) is 5.75 Å². The minimum atomic E-state index is 0.264. The second kappa shape index (κ2) is 7.03. The molecular weight excluding hydrogens is 316 g/mol. The van der Waals surface area contributed by atoms with Crippen LogP contribution >= 0.6 is 0 Å². The molecule has 1 saturated heterocycles. The Morgan fingerprint density at radius 1 is 1.16 bits per heavy atom. The van der Waals surface area contributed by atoms with Gasteiger partial charge in [0.1, 0.15) is 5.75 Å². The maximum atomic E-state index is 5.95. The Labute approximate surface area is 146 Å². The Balaban J connectivity index is 1.46. The van der Waals surface area contributed by atoms with Crippen LogP contribution in [-0.2, 0) is 6.54 Å². The average molecular weight is 336 g/mol. The minimum absolute atomic E-state index is 0.264. The first kappa shape index (κ1) is 15.8. The van der Waals surface area contributed by atoms with E-state index in [4.69, 9.17) is 9.15 Å². The standard InChI is InChI=1S/C19H20N4O2/c1-24-17-8-3-2-7-16(17)19-22-21-18(25-19)14-9-11-23(12-14)13-15-6-4-5-10-20-15/h2-8,10,14H,9,11-13H2,1H3/t14-/m0/s1. The minimum Gasteiger partial charge on any atom is -0.496 e. The van der Waals surface area contributed by atoms with Crippen molar-refractivity contribution in [2.24, 2.45) is 0 Å². The molecule has 0 N–H and O–H groups in total. The molecule has 1 fully saturated rings. The van der Waals surface area contributed by atoms with E-state index in [1.54, 1.807) is 7.11 Å². The number of pyridine rings is 1. The molecule has 0 unspecified atom stereocenters. The average Bonchev–Trinajstić information content (AvgIpc) is 3.32. The number of rotatable bonds is 5. The van der Waals surface area contributed by atoms with Gasteiger partial charge in [0.15, 0.2) is 0 Å². The van der Waals surface area contributed by atoms with Crippen LogP contribution in [0, 0.1) is 0 Å².